The molecule has 4 aromatic rings. The predicted octanol–water partition coefficient (Wildman–Crippen LogP) is 4.68. The van der Waals surface area contributed by atoms with Gasteiger partial charge in [0.2, 0.25) is 0 Å². The Morgan fingerprint density at radius 3 is 2.16 bits per heavy atom. The van der Waals surface area contributed by atoms with E-state index in [4.69, 9.17) is 21.0 Å². The van der Waals surface area contributed by atoms with E-state index < -0.39 is 0 Å². The lowest BCUT2D eigenvalue weighted by Crippen LogP contribution is -2.26. The monoisotopic (exact) mass is 405 g/mol. The Hall–Kier alpha value is -3.75. The Balaban J connectivity index is 1.67. The summed E-state index contributed by atoms with van der Waals surface area (Å²) in [4.78, 5) is 12.4. The zero-order valence-electron chi connectivity index (χ0n) is 17.4. The molecule has 0 amide bonds. The summed E-state index contributed by atoms with van der Waals surface area (Å²) in [6, 6.07) is 24.5. The molecule has 152 valence electrons. The fourth-order valence-corrected chi connectivity index (χ4v) is 4.08. The van der Waals surface area contributed by atoms with Crippen LogP contribution in [-0.2, 0) is 0 Å². The summed E-state index contributed by atoms with van der Waals surface area (Å²) in [5.41, 5.74) is 14.4. The van der Waals surface area contributed by atoms with Crippen LogP contribution in [0.1, 0.15) is 17.5 Å². The van der Waals surface area contributed by atoms with Crippen LogP contribution in [0.3, 0.4) is 0 Å². The standard InChI is InChI=1S/C26H23N5/c1-17-2-6-19(7-3-17)25-26(20-8-4-18(15-27)5-9-20)30-24-14-22(10-11-23(24)29-25)31-13-12-21(28)16-31/h2-11,14,21H,12-13,16,28H2,1H3/t21-/m1/s1. The molecule has 0 aliphatic carbocycles. The Morgan fingerprint density at radius 2 is 1.55 bits per heavy atom. The van der Waals surface area contributed by atoms with Crippen LogP contribution in [0.25, 0.3) is 33.5 Å². The van der Waals surface area contributed by atoms with Crippen LogP contribution in [-0.4, -0.2) is 29.1 Å². The van der Waals surface area contributed by atoms with Crippen molar-refractivity contribution in [1.82, 2.24) is 9.97 Å². The van der Waals surface area contributed by atoms with Gasteiger partial charge in [-0.2, -0.15) is 5.26 Å². The Kier molecular flexibility index (Phi) is 4.85. The molecule has 5 nitrogen and oxygen atoms in total. The molecule has 0 unspecified atom stereocenters. The van der Waals surface area contributed by atoms with Crippen molar-refractivity contribution in [2.45, 2.75) is 19.4 Å². The molecule has 1 saturated heterocycles. The number of rotatable bonds is 3. The van der Waals surface area contributed by atoms with Crippen LogP contribution in [0.15, 0.2) is 66.7 Å². The molecule has 1 aliphatic rings. The second-order valence-electron chi connectivity index (χ2n) is 8.14. The summed E-state index contributed by atoms with van der Waals surface area (Å²) in [6.07, 6.45) is 1.01. The minimum Gasteiger partial charge on any atom is -0.370 e. The number of aryl methyl sites for hydroxylation is 1. The topological polar surface area (TPSA) is 78.8 Å². The van der Waals surface area contributed by atoms with Gasteiger partial charge in [-0.05, 0) is 43.7 Å². The summed E-state index contributed by atoms with van der Waals surface area (Å²) < 4.78 is 0. The van der Waals surface area contributed by atoms with Crippen molar-refractivity contribution in [2.75, 3.05) is 18.0 Å². The van der Waals surface area contributed by atoms with Crippen molar-refractivity contribution in [3.8, 4) is 28.6 Å². The first kappa shape index (κ1) is 19.2. The molecular weight excluding hydrogens is 382 g/mol. The van der Waals surface area contributed by atoms with Crippen molar-refractivity contribution in [3.63, 3.8) is 0 Å². The van der Waals surface area contributed by atoms with Gasteiger partial charge in [0.15, 0.2) is 0 Å². The van der Waals surface area contributed by atoms with E-state index in [9.17, 15) is 0 Å². The molecular formula is C26H23N5. The molecule has 5 heteroatoms. The maximum Gasteiger partial charge on any atom is 0.0991 e. The largest absolute Gasteiger partial charge is 0.370 e. The number of nitriles is 1. The number of anilines is 1. The van der Waals surface area contributed by atoms with E-state index in [2.05, 4.69) is 54.3 Å². The van der Waals surface area contributed by atoms with Gasteiger partial charge in [0.05, 0.1) is 34.1 Å². The first-order valence-corrected chi connectivity index (χ1v) is 10.5. The van der Waals surface area contributed by atoms with E-state index in [0.29, 0.717) is 5.56 Å². The molecule has 0 saturated carbocycles. The van der Waals surface area contributed by atoms with E-state index >= 15 is 0 Å². The van der Waals surface area contributed by atoms with Crippen LogP contribution in [0.5, 0.6) is 0 Å². The average Bonchev–Trinajstić information content (AvgIpc) is 3.25. The van der Waals surface area contributed by atoms with Gasteiger partial charge in [-0.25, -0.2) is 9.97 Å². The summed E-state index contributed by atoms with van der Waals surface area (Å²) in [5, 5.41) is 9.16. The van der Waals surface area contributed by atoms with Crippen molar-refractivity contribution >= 4 is 16.7 Å². The molecule has 5 rings (SSSR count). The molecule has 1 aliphatic heterocycles. The zero-order chi connectivity index (χ0) is 21.4. The zero-order valence-corrected chi connectivity index (χ0v) is 17.4. The average molecular weight is 406 g/mol. The van der Waals surface area contributed by atoms with Crippen LogP contribution >= 0.6 is 0 Å². The van der Waals surface area contributed by atoms with E-state index in [1.54, 1.807) is 0 Å². The number of hydrogen-bond donors (Lipinski definition) is 1. The maximum absolute atomic E-state index is 9.16. The van der Waals surface area contributed by atoms with Gasteiger partial charge >= 0.3 is 0 Å². The molecule has 1 atom stereocenters. The summed E-state index contributed by atoms with van der Waals surface area (Å²) in [6.45, 7) is 3.90. The van der Waals surface area contributed by atoms with Gasteiger partial charge in [0, 0.05) is 35.9 Å². The van der Waals surface area contributed by atoms with Gasteiger partial charge in [0.1, 0.15) is 0 Å². The number of hydrogen-bond acceptors (Lipinski definition) is 5. The highest BCUT2D eigenvalue weighted by Crippen LogP contribution is 2.33. The van der Waals surface area contributed by atoms with E-state index in [0.717, 1.165) is 58.7 Å². The number of fused-ring (bicyclic) bond motifs is 1. The molecule has 31 heavy (non-hydrogen) atoms. The molecule has 0 bridgehead atoms. The highest BCUT2D eigenvalue weighted by atomic mass is 15.2. The number of benzene rings is 3. The SMILES string of the molecule is Cc1ccc(-c2nc3ccc(N4CC[C@@H](N)C4)cc3nc2-c2ccc(C#N)cc2)cc1. The Morgan fingerprint density at radius 1 is 0.903 bits per heavy atom. The van der Waals surface area contributed by atoms with Crippen LogP contribution in [0.4, 0.5) is 5.69 Å². The number of aromatic nitrogens is 2. The molecule has 3 aromatic carbocycles. The first-order valence-electron chi connectivity index (χ1n) is 10.5. The molecule has 0 radical (unpaired) electrons. The highest BCUT2D eigenvalue weighted by Gasteiger charge is 2.20. The van der Waals surface area contributed by atoms with Gasteiger partial charge < -0.3 is 10.6 Å². The molecule has 0 spiro atoms. The molecule has 2 heterocycles. The lowest BCUT2D eigenvalue weighted by molar-refractivity contribution is 0.752. The maximum atomic E-state index is 9.16. The van der Waals surface area contributed by atoms with Crippen LogP contribution in [0, 0.1) is 18.3 Å². The molecule has 2 N–H and O–H groups in total. The van der Waals surface area contributed by atoms with Gasteiger partial charge in [0.25, 0.3) is 0 Å². The van der Waals surface area contributed by atoms with Crippen molar-refractivity contribution in [3.05, 3.63) is 77.9 Å². The van der Waals surface area contributed by atoms with Crippen LogP contribution in [0.2, 0.25) is 0 Å². The van der Waals surface area contributed by atoms with Crippen molar-refractivity contribution in [2.24, 2.45) is 5.73 Å². The van der Waals surface area contributed by atoms with Gasteiger partial charge in [-0.1, -0.05) is 42.0 Å². The summed E-state index contributed by atoms with van der Waals surface area (Å²) in [5.74, 6) is 0. The Bertz CT molecular complexity index is 1290. The smallest absolute Gasteiger partial charge is 0.0991 e. The lowest BCUT2D eigenvalue weighted by atomic mass is 10.0. The van der Waals surface area contributed by atoms with Gasteiger partial charge in [-0.15, -0.1) is 0 Å². The van der Waals surface area contributed by atoms with Crippen LogP contribution < -0.4 is 10.6 Å². The van der Waals surface area contributed by atoms with E-state index in [1.807, 2.05) is 30.3 Å². The second-order valence-corrected chi connectivity index (χ2v) is 8.14. The first-order chi connectivity index (χ1) is 15.1. The highest BCUT2D eigenvalue weighted by molar-refractivity contribution is 5.88. The quantitative estimate of drug-likeness (QED) is 0.535. The molecule has 1 aromatic heterocycles. The lowest BCUT2D eigenvalue weighted by Gasteiger charge is -2.19. The third kappa shape index (κ3) is 3.74. The predicted molar refractivity (Wildman–Crippen MR) is 125 cm³/mol. The third-order valence-corrected chi connectivity index (χ3v) is 5.85. The fourth-order valence-electron chi connectivity index (χ4n) is 4.08. The Labute approximate surface area is 181 Å². The number of nitrogens with two attached hydrogens (primary N) is 1. The minimum absolute atomic E-state index is 0.222. The summed E-state index contributed by atoms with van der Waals surface area (Å²) in [7, 11) is 0. The fraction of sp³-hybridized carbons (Fsp3) is 0.192. The van der Waals surface area contributed by atoms with Crippen molar-refractivity contribution < 1.29 is 0 Å². The van der Waals surface area contributed by atoms with Gasteiger partial charge in [-0.3, -0.25) is 0 Å². The van der Waals surface area contributed by atoms with E-state index in [1.165, 1.54) is 5.56 Å². The minimum atomic E-state index is 0.222. The third-order valence-electron chi connectivity index (χ3n) is 5.85. The molecule has 1 fully saturated rings. The second kappa shape index (κ2) is 7.82. The normalized spacial score (nSPS) is 15.9. The van der Waals surface area contributed by atoms with Crippen molar-refractivity contribution in [1.29, 1.82) is 5.26 Å². The number of nitrogens with zero attached hydrogens (tertiary/aromatic N) is 4. The summed E-state index contributed by atoms with van der Waals surface area (Å²) >= 11 is 0. The van der Waals surface area contributed by atoms with E-state index in [-0.39, 0.29) is 6.04 Å².